The van der Waals surface area contributed by atoms with Crippen molar-refractivity contribution < 1.29 is 4.79 Å². The maximum atomic E-state index is 11.8. The van der Waals surface area contributed by atoms with Gasteiger partial charge in [0.1, 0.15) is 0 Å². The van der Waals surface area contributed by atoms with Crippen LogP contribution in [0.15, 0.2) is 24.3 Å². The van der Waals surface area contributed by atoms with Gasteiger partial charge in [-0.3, -0.25) is 4.79 Å². The van der Waals surface area contributed by atoms with Crippen LogP contribution < -0.4 is 5.32 Å². The Morgan fingerprint density at radius 2 is 1.80 bits per heavy atom. The number of carbonyl (C=O) groups is 1. The molecule has 112 valence electrons. The average molecular weight is 276 g/mol. The fourth-order valence-corrected chi connectivity index (χ4v) is 2.59. The van der Waals surface area contributed by atoms with Gasteiger partial charge in [0.25, 0.3) is 5.91 Å². The minimum Gasteiger partial charge on any atom is -0.345 e. The highest BCUT2D eigenvalue weighted by molar-refractivity contribution is 5.93. The molecule has 1 N–H and O–H groups in total. The lowest BCUT2D eigenvalue weighted by molar-refractivity contribution is 0.0827. The molecule has 20 heavy (non-hydrogen) atoms. The van der Waals surface area contributed by atoms with Crippen LogP contribution in [0.1, 0.15) is 55.5 Å². The first-order chi connectivity index (χ1) is 9.58. The lowest BCUT2D eigenvalue weighted by Gasteiger charge is -2.28. The minimum absolute atomic E-state index is 0.0697. The van der Waals surface area contributed by atoms with Crippen molar-refractivity contribution in [1.29, 1.82) is 0 Å². The summed E-state index contributed by atoms with van der Waals surface area (Å²) in [5.74, 6) is 0.699. The molecule has 0 saturated carbocycles. The van der Waals surface area contributed by atoms with Crippen molar-refractivity contribution in [1.82, 2.24) is 10.2 Å². The van der Waals surface area contributed by atoms with E-state index in [-0.39, 0.29) is 5.91 Å². The van der Waals surface area contributed by atoms with E-state index < -0.39 is 0 Å². The van der Waals surface area contributed by atoms with Crippen LogP contribution in [0.4, 0.5) is 0 Å². The second-order valence-corrected chi connectivity index (χ2v) is 5.40. The molecule has 0 bridgehead atoms. The summed E-state index contributed by atoms with van der Waals surface area (Å²) >= 11 is 0. The van der Waals surface area contributed by atoms with E-state index in [1.807, 2.05) is 26.0 Å². The van der Waals surface area contributed by atoms with Crippen molar-refractivity contribution in [3.63, 3.8) is 0 Å². The molecule has 3 heteroatoms. The highest BCUT2D eigenvalue weighted by Crippen LogP contribution is 2.27. The molecule has 1 heterocycles. The Morgan fingerprint density at radius 1 is 1.20 bits per heavy atom. The van der Waals surface area contributed by atoms with Crippen LogP contribution in [-0.2, 0) is 0 Å². The first-order valence-corrected chi connectivity index (χ1v) is 7.63. The van der Waals surface area contributed by atoms with Crippen LogP contribution in [0.5, 0.6) is 0 Å². The maximum Gasteiger partial charge on any atom is 0.253 e. The van der Waals surface area contributed by atoms with Crippen LogP contribution in [0.25, 0.3) is 0 Å². The van der Waals surface area contributed by atoms with Gasteiger partial charge in [-0.2, -0.15) is 0 Å². The Kier molecular flexibility index (Phi) is 6.73. The second kappa shape index (κ2) is 8.05. The van der Waals surface area contributed by atoms with E-state index in [0.29, 0.717) is 12.0 Å². The van der Waals surface area contributed by atoms with E-state index >= 15 is 0 Å². The number of nitrogens with one attached hydrogen (secondary N) is 1. The molecule has 1 aliphatic rings. The Balaban J connectivity index is 0.000000956. The molecule has 3 nitrogen and oxygen atoms in total. The Hall–Kier alpha value is -1.35. The van der Waals surface area contributed by atoms with Gasteiger partial charge in [-0.1, -0.05) is 26.0 Å². The summed E-state index contributed by atoms with van der Waals surface area (Å²) < 4.78 is 0. The normalized spacial score (nSPS) is 21.6. The monoisotopic (exact) mass is 276 g/mol. The van der Waals surface area contributed by atoms with Crippen molar-refractivity contribution in [3.05, 3.63) is 35.4 Å². The largest absolute Gasteiger partial charge is 0.345 e. The van der Waals surface area contributed by atoms with Crippen LogP contribution in [0.2, 0.25) is 0 Å². The molecule has 2 unspecified atom stereocenters. The topological polar surface area (TPSA) is 32.3 Å². The Morgan fingerprint density at radius 3 is 2.30 bits per heavy atom. The third-order valence-corrected chi connectivity index (χ3v) is 3.66. The summed E-state index contributed by atoms with van der Waals surface area (Å²) in [5, 5.41) is 3.47. The number of amides is 1. The maximum absolute atomic E-state index is 11.8. The van der Waals surface area contributed by atoms with Gasteiger partial charge in [-0.15, -0.1) is 0 Å². The average Bonchev–Trinajstić information content (AvgIpc) is 2.48. The van der Waals surface area contributed by atoms with Crippen LogP contribution >= 0.6 is 0 Å². The van der Waals surface area contributed by atoms with E-state index in [1.165, 1.54) is 18.4 Å². The molecule has 1 aliphatic heterocycles. The van der Waals surface area contributed by atoms with Crippen molar-refractivity contribution in [3.8, 4) is 0 Å². The highest BCUT2D eigenvalue weighted by Gasteiger charge is 2.20. The van der Waals surface area contributed by atoms with Crippen molar-refractivity contribution in [2.75, 3.05) is 20.6 Å². The molecule has 1 fully saturated rings. The zero-order chi connectivity index (χ0) is 15.1. The molecular weight excluding hydrogens is 248 g/mol. The van der Waals surface area contributed by atoms with Crippen LogP contribution in [0.3, 0.4) is 0 Å². The van der Waals surface area contributed by atoms with Crippen LogP contribution in [0, 0.1) is 0 Å². The first kappa shape index (κ1) is 16.7. The zero-order valence-electron chi connectivity index (χ0n) is 13.4. The van der Waals surface area contributed by atoms with Crippen molar-refractivity contribution in [2.45, 2.75) is 45.6 Å². The Bertz CT molecular complexity index is 412. The standard InChI is InChI=1S/C15H22N2O.C2H6/c1-11-10-14(8-9-16-11)12-4-6-13(7-5-12)15(18)17(2)3;1-2/h4-7,11,14,16H,8-10H2,1-3H3;1-2H3. The summed E-state index contributed by atoms with van der Waals surface area (Å²) in [6, 6.07) is 8.71. The van der Waals surface area contributed by atoms with Gasteiger partial charge in [0.15, 0.2) is 0 Å². The number of hydrogen-bond acceptors (Lipinski definition) is 2. The lowest BCUT2D eigenvalue weighted by atomic mass is 9.86. The molecule has 1 aromatic rings. The number of nitrogens with zero attached hydrogens (tertiary/aromatic N) is 1. The predicted molar refractivity (Wildman–Crippen MR) is 85.2 cm³/mol. The van der Waals surface area contributed by atoms with E-state index in [1.54, 1.807) is 19.0 Å². The summed E-state index contributed by atoms with van der Waals surface area (Å²) in [5.41, 5.74) is 2.13. The lowest BCUT2D eigenvalue weighted by Crippen LogP contribution is -2.34. The molecule has 1 amide bonds. The van der Waals surface area contributed by atoms with Gasteiger partial charge in [0.2, 0.25) is 0 Å². The predicted octanol–water partition coefficient (Wildman–Crippen LogP) is 3.27. The number of benzene rings is 1. The van der Waals surface area contributed by atoms with Gasteiger partial charge in [0, 0.05) is 25.7 Å². The molecule has 1 saturated heterocycles. The third kappa shape index (κ3) is 4.34. The molecule has 0 aromatic heterocycles. The number of hydrogen-bond donors (Lipinski definition) is 1. The minimum atomic E-state index is 0.0697. The van der Waals surface area contributed by atoms with Gasteiger partial charge in [-0.05, 0) is 49.9 Å². The molecule has 0 aliphatic carbocycles. The van der Waals surface area contributed by atoms with Gasteiger partial charge < -0.3 is 10.2 Å². The molecule has 0 spiro atoms. The van der Waals surface area contributed by atoms with Gasteiger partial charge in [0.05, 0.1) is 0 Å². The molecular formula is C17H28N2O. The molecule has 2 rings (SSSR count). The van der Waals surface area contributed by atoms with Crippen molar-refractivity contribution in [2.24, 2.45) is 0 Å². The number of rotatable bonds is 2. The fourth-order valence-electron chi connectivity index (χ4n) is 2.59. The zero-order valence-corrected chi connectivity index (χ0v) is 13.4. The first-order valence-electron chi connectivity index (χ1n) is 7.63. The Labute approximate surface area is 123 Å². The molecule has 2 atom stereocenters. The van der Waals surface area contributed by atoms with Crippen LogP contribution in [-0.4, -0.2) is 37.5 Å². The van der Waals surface area contributed by atoms with E-state index in [4.69, 9.17) is 0 Å². The van der Waals surface area contributed by atoms with Gasteiger partial charge >= 0.3 is 0 Å². The number of piperidine rings is 1. The third-order valence-electron chi connectivity index (χ3n) is 3.66. The summed E-state index contributed by atoms with van der Waals surface area (Å²) in [6.45, 7) is 7.32. The van der Waals surface area contributed by atoms with E-state index in [0.717, 1.165) is 12.1 Å². The summed E-state index contributed by atoms with van der Waals surface area (Å²) in [6.07, 6.45) is 2.37. The molecule has 0 radical (unpaired) electrons. The van der Waals surface area contributed by atoms with E-state index in [2.05, 4.69) is 24.4 Å². The summed E-state index contributed by atoms with van der Waals surface area (Å²) in [7, 11) is 3.56. The number of carbonyl (C=O) groups excluding carboxylic acids is 1. The van der Waals surface area contributed by atoms with E-state index in [9.17, 15) is 4.79 Å². The molecule has 1 aromatic carbocycles. The summed E-state index contributed by atoms with van der Waals surface area (Å²) in [4.78, 5) is 13.4. The second-order valence-electron chi connectivity index (χ2n) is 5.40. The fraction of sp³-hybridized carbons (Fsp3) is 0.588. The smallest absolute Gasteiger partial charge is 0.253 e. The SMILES string of the molecule is CC.CC1CC(c2ccc(C(=O)N(C)C)cc2)CCN1. The quantitative estimate of drug-likeness (QED) is 0.899. The van der Waals surface area contributed by atoms with Gasteiger partial charge in [-0.25, -0.2) is 0 Å². The van der Waals surface area contributed by atoms with Crippen molar-refractivity contribution >= 4 is 5.91 Å². The highest BCUT2D eigenvalue weighted by atomic mass is 16.2.